The molecule has 16 heavy (non-hydrogen) atoms. The number of hydrogen-bond donors (Lipinski definition) is 0. The smallest absolute Gasteiger partial charge is 0.313 e. The molecule has 0 amide bonds. The van der Waals surface area contributed by atoms with Gasteiger partial charge >= 0.3 is 5.97 Å². The Bertz CT molecular complexity index is 426. The molecule has 0 aliphatic heterocycles. The van der Waals surface area contributed by atoms with E-state index in [0.29, 0.717) is 5.56 Å². The highest BCUT2D eigenvalue weighted by Crippen LogP contribution is 2.34. The van der Waals surface area contributed by atoms with Crippen LogP contribution in [0.1, 0.15) is 35.4 Å². The summed E-state index contributed by atoms with van der Waals surface area (Å²) in [6.45, 7) is 1.84. The van der Waals surface area contributed by atoms with Gasteiger partial charge in [-0.1, -0.05) is 6.07 Å². The minimum Gasteiger partial charge on any atom is -0.469 e. The zero-order chi connectivity index (χ0) is 11.7. The van der Waals surface area contributed by atoms with E-state index in [2.05, 4.69) is 0 Å². The number of ether oxygens (including phenoxy) is 1. The lowest BCUT2D eigenvalue weighted by atomic mass is 9.82. The number of fused-ring (bicyclic) bond motifs is 1. The quantitative estimate of drug-likeness (QED) is 0.683. The van der Waals surface area contributed by atoms with Crippen LogP contribution in [-0.4, -0.2) is 13.1 Å². The van der Waals surface area contributed by atoms with Gasteiger partial charge < -0.3 is 4.74 Å². The lowest BCUT2D eigenvalue weighted by Gasteiger charge is -2.24. The SMILES string of the molecule is COC(=O)C1CCCc2c(F)cc(C)cc21. The Balaban J connectivity index is 2.49. The van der Waals surface area contributed by atoms with Gasteiger partial charge in [-0.05, 0) is 48.9 Å². The summed E-state index contributed by atoms with van der Waals surface area (Å²) in [5, 5.41) is 0. The maximum atomic E-state index is 13.7. The molecule has 1 aliphatic carbocycles. The van der Waals surface area contributed by atoms with Gasteiger partial charge in [0.1, 0.15) is 5.82 Å². The van der Waals surface area contributed by atoms with E-state index in [9.17, 15) is 9.18 Å². The number of rotatable bonds is 1. The van der Waals surface area contributed by atoms with E-state index in [1.165, 1.54) is 13.2 Å². The second-order valence-electron chi connectivity index (χ2n) is 4.28. The first-order chi connectivity index (χ1) is 7.63. The summed E-state index contributed by atoms with van der Waals surface area (Å²) < 4.78 is 18.5. The Hall–Kier alpha value is -1.38. The molecular formula is C13H15FO2. The second kappa shape index (κ2) is 4.24. The van der Waals surface area contributed by atoms with Gasteiger partial charge in [0.2, 0.25) is 0 Å². The van der Waals surface area contributed by atoms with Crippen LogP contribution in [0.15, 0.2) is 12.1 Å². The summed E-state index contributed by atoms with van der Waals surface area (Å²) in [7, 11) is 1.38. The summed E-state index contributed by atoms with van der Waals surface area (Å²) in [6.07, 6.45) is 2.31. The van der Waals surface area contributed by atoms with Crippen molar-refractivity contribution in [3.63, 3.8) is 0 Å². The van der Waals surface area contributed by atoms with Gasteiger partial charge in [-0.3, -0.25) is 4.79 Å². The van der Waals surface area contributed by atoms with Gasteiger partial charge in [-0.15, -0.1) is 0 Å². The molecule has 1 aromatic carbocycles. The Labute approximate surface area is 94.4 Å². The van der Waals surface area contributed by atoms with Crippen LogP contribution in [0.5, 0.6) is 0 Å². The van der Waals surface area contributed by atoms with E-state index in [1.54, 1.807) is 0 Å². The normalized spacial score (nSPS) is 19.1. The molecule has 0 aromatic heterocycles. The fourth-order valence-corrected chi connectivity index (χ4v) is 2.40. The van der Waals surface area contributed by atoms with E-state index in [1.807, 2.05) is 13.0 Å². The van der Waals surface area contributed by atoms with E-state index in [4.69, 9.17) is 4.74 Å². The topological polar surface area (TPSA) is 26.3 Å². The molecule has 1 atom stereocenters. The van der Waals surface area contributed by atoms with Gasteiger partial charge in [-0.2, -0.15) is 0 Å². The van der Waals surface area contributed by atoms with Crippen molar-refractivity contribution in [1.82, 2.24) is 0 Å². The van der Waals surface area contributed by atoms with Crippen LogP contribution < -0.4 is 0 Å². The van der Waals surface area contributed by atoms with Crippen molar-refractivity contribution in [2.24, 2.45) is 0 Å². The zero-order valence-electron chi connectivity index (χ0n) is 9.55. The lowest BCUT2D eigenvalue weighted by molar-refractivity contribution is -0.142. The Morgan fingerprint density at radius 1 is 1.50 bits per heavy atom. The minimum absolute atomic E-state index is 0.191. The molecule has 2 nitrogen and oxygen atoms in total. The maximum Gasteiger partial charge on any atom is 0.313 e. The number of carbonyl (C=O) groups is 1. The summed E-state index contributed by atoms with van der Waals surface area (Å²) in [4.78, 5) is 11.6. The van der Waals surface area contributed by atoms with E-state index in [-0.39, 0.29) is 17.7 Å². The molecule has 1 aliphatic rings. The first-order valence-electron chi connectivity index (χ1n) is 5.50. The van der Waals surface area contributed by atoms with Crippen molar-refractivity contribution in [3.05, 3.63) is 34.6 Å². The van der Waals surface area contributed by atoms with Gasteiger partial charge in [0.25, 0.3) is 0 Å². The molecule has 0 radical (unpaired) electrons. The molecule has 0 spiro atoms. The Morgan fingerprint density at radius 3 is 2.94 bits per heavy atom. The first-order valence-corrected chi connectivity index (χ1v) is 5.50. The van der Waals surface area contributed by atoms with Crippen LogP contribution in [0.25, 0.3) is 0 Å². The van der Waals surface area contributed by atoms with Crippen LogP contribution in [0.3, 0.4) is 0 Å². The molecule has 2 rings (SSSR count). The molecule has 3 heteroatoms. The number of methoxy groups -OCH3 is 1. The van der Waals surface area contributed by atoms with Crippen molar-refractivity contribution in [2.45, 2.75) is 32.1 Å². The maximum absolute atomic E-state index is 13.7. The molecule has 1 unspecified atom stereocenters. The molecule has 1 aromatic rings. The number of esters is 1. The zero-order valence-corrected chi connectivity index (χ0v) is 9.55. The fourth-order valence-electron chi connectivity index (χ4n) is 2.40. The Morgan fingerprint density at radius 2 is 2.25 bits per heavy atom. The number of halogens is 1. The van der Waals surface area contributed by atoms with Crippen molar-refractivity contribution < 1.29 is 13.9 Å². The molecule has 0 bridgehead atoms. The van der Waals surface area contributed by atoms with Crippen molar-refractivity contribution in [1.29, 1.82) is 0 Å². The highest BCUT2D eigenvalue weighted by molar-refractivity contribution is 5.79. The van der Waals surface area contributed by atoms with Gasteiger partial charge in [0.05, 0.1) is 13.0 Å². The molecule has 0 N–H and O–H groups in total. The summed E-state index contributed by atoms with van der Waals surface area (Å²) in [5.74, 6) is -0.738. The van der Waals surface area contributed by atoms with Crippen LogP contribution >= 0.6 is 0 Å². The standard InChI is InChI=1S/C13H15FO2/c1-8-6-11-9(12(14)7-8)4-3-5-10(11)13(15)16-2/h6-7,10H,3-5H2,1-2H3. The number of aryl methyl sites for hydroxylation is 1. The summed E-state index contributed by atoms with van der Waals surface area (Å²) in [6, 6.07) is 3.43. The highest BCUT2D eigenvalue weighted by atomic mass is 19.1. The lowest BCUT2D eigenvalue weighted by Crippen LogP contribution is -2.20. The van der Waals surface area contributed by atoms with Gasteiger partial charge in [-0.25, -0.2) is 4.39 Å². The predicted molar refractivity (Wildman–Crippen MR) is 58.8 cm³/mol. The van der Waals surface area contributed by atoms with Crippen LogP contribution in [0, 0.1) is 12.7 Å². The van der Waals surface area contributed by atoms with Crippen LogP contribution in [0.4, 0.5) is 4.39 Å². The fraction of sp³-hybridized carbons (Fsp3) is 0.462. The molecule has 0 saturated heterocycles. The molecule has 0 fully saturated rings. The Kier molecular flexibility index (Phi) is 2.95. The van der Waals surface area contributed by atoms with E-state index in [0.717, 1.165) is 30.4 Å². The summed E-state index contributed by atoms with van der Waals surface area (Å²) >= 11 is 0. The molecule has 0 saturated carbocycles. The van der Waals surface area contributed by atoms with Crippen molar-refractivity contribution in [3.8, 4) is 0 Å². The minimum atomic E-state index is -0.289. The third-order valence-corrected chi connectivity index (χ3v) is 3.16. The predicted octanol–water partition coefficient (Wildman–Crippen LogP) is 2.73. The second-order valence-corrected chi connectivity index (χ2v) is 4.28. The average molecular weight is 222 g/mol. The number of benzene rings is 1. The first kappa shape index (κ1) is 11.1. The van der Waals surface area contributed by atoms with Crippen LogP contribution in [-0.2, 0) is 16.0 Å². The van der Waals surface area contributed by atoms with E-state index >= 15 is 0 Å². The average Bonchev–Trinajstić information content (AvgIpc) is 2.27. The summed E-state index contributed by atoms with van der Waals surface area (Å²) in [5.41, 5.74) is 2.36. The third-order valence-electron chi connectivity index (χ3n) is 3.16. The van der Waals surface area contributed by atoms with Gasteiger partial charge in [0.15, 0.2) is 0 Å². The largest absolute Gasteiger partial charge is 0.469 e. The molecule has 0 heterocycles. The van der Waals surface area contributed by atoms with Gasteiger partial charge in [0, 0.05) is 0 Å². The molecule has 86 valence electrons. The molecular weight excluding hydrogens is 207 g/mol. The monoisotopic (exact) mass is 222 g/mol. The van der Waals surface area contributed by atoms with E-state index < -0.39 is 0 Å². The third kappa shape index (κ3) is 1.82. The van der Waals surface area contributed by atoms with Crippen LogP contribution in [0.2, 0.25) is 0 Å². The number of hydrogen-bond acceptors (Lipinski definition) is 2. The number of carbonyl (C=O) groups excluding carboxylic acids is 1. The highest BCUT2D eigenvalue weighted by Gasteiger charge is 2.29. The van der Waals surface area contributed by atoms with Crippen molar-refractivity contribution >= 4 is 5.97 Å². The van der Waals surface area contributed by atoms with Crippen molar-refractivity contribution in [2.75, 3.05) is 7.11 Å².